The van der Waals surface area contributed by atoms with Crippen LogP contribution in [0.15, 0.2) is 12.1 Å². The number of benzene rings is 1. The first kappa shape index (κ1) is 35.5. The maximum absolute atomic E-state index is 11.3. The summed E-state index contributed by atoms with van der Waals surface area (Å²) >= 11 is 0. The molecule has 0 aliphatic carbocycles. The third-order valence-corrected chi connectivity index (χ3v) is 5.84. The molecule has 18 heteroatoms. The number of carboxylic acid groups (broad SMARTS) is 6. The average Bonchev–Trinajstić information content (AvgIpc) is 2.83. The number of nitrogen functional groups attached to an aromatic ring is 1. The summed E-state index contributed by atoms with van der Waals surface area (Å²) in [6.07, 6.45) is -0.162. The molecule has 1 rings (SSSR count). The fourth-order valence-electron chi connectivity index (χ4n) is 4.21. The molecule has 0 radical (unpaired) electrons. The molecule has 0 saturated carbocycles. The Labute approximate surface area is 238 Å². The second-order valence-electron chi connectivity index (χ2n) is 9.28. The van der Waals surface area contributed by atoms with E-state index in [0.717, 1.165) is 9.80 Å². The Bertz CT molecular complexity index is 1030. The maximum Gasteiger partial charge on any atom is 0.317 e. The van der Waals surface area contributed by atoms with Gasteiger partial charge in [-0.3, -0.25) is 49.2 Å². The summed E-state index contributed by atoms with van der Waals surface area (Å²) in [6.45, 7) is -4.03. The third-order valence-electron chi connectivity index (χ3n) is 5.84. The normalized spacial score (nSPS) is 12.6. The molecule has 0 fully saturated rings. The molecule has 0 heterocycles. The Kier molecular flexibility index (Phi) is 14.6. The van der Waals surface area contributed by atoms with E-state index in [0.29, 0.717) is 0 Å². The van der Waals surface area contributed by atoms with E-state index in [-0.39, 0.29) is 42.7 Å². The van der Waals surface area contributed by atoms with Gasteiger partial charge >= 0.3 is 35.8 Å². The molecule has 2 atom stereocenters. The molecule has 1 aromatic rings. The Morgan fingerprint density at radius 3 is 1.19 bits per heavy atom. The number of hydrogen-bond donors (Lipinski definition) is 10. The van der Waals surface area contributed by atoms with Crippen molar-refractivity contribution in [1.82, 2.24) is 20.4 Å². The number of phenols is 1. The number of nitrogens with one attached hydrogen (secondary N) is 2. The lowest BCUT2D eigenvalue weighted by molar-refractivity contribution is -0.143. The van der Waals surface area contributed by atoms with E-state index in [2.05, 4.69) is 10.6 Å². The van der Waals surface area contributed by atoms with Crippen molar-refractivity contribution in [3.63, 3.8) is 0 Å². The van der Waals surface area contributed by atoms with E-state index in [4.69, 9.17) is 26.2 Å². The van der Waals surface area contributed by atoms with Crippen LogP contribution in [0.5, 0.6) is 5.75 Å². The molecule has 0 aliphatic heterocycles. The van der Waals surface area contributed by atoms with Crippen LogP contribution in [0.4, 0.5) is 5.69 Å². The Balaban J connectivity index is 3.45. The zero-order valence-corrected chi connectivity index (χ0v) is 22.4. The average molecular weight is 602 g/mol. The van der Waals surface area contributed by atoms with Gasteiger partial charge < -0.3 is 41.5 Å². The molecular weight excluding hydrogens is 566 g/mol. The minimum Gasteiger partial charge on any atom is -0.507 e. The second-order valence-corrected chi connectivity index (χ2v) is 9.28. The molecule has 0 saturated heterocycles. The number of aromatic hydroxyl groups is 1. The second kappa shape index (κ2) is 17.3. The fraction of sp³-hybridized carbons (Fsp3) is 0.500. The predicted molar refractivity (Wildman–Crippen MR) is 142 cm³/mol. The van der Waals surface area contributed by atoms with Gasteiger partial charge in [0.2, 0.25) is 0 Å². The molecule has 0 spiro atoms. The van der Waals surface area contributed by atoms with E-state index < -0.39 is 92.9 Å². The van der Waals surface area contributed by atoms with Crippen molar-refractivity contribution in [2.45, 2.75) is 24.9 Å². The zero-order valence-electron chi connectivity index (χ0n) is 22.4. The summed E-state index contributed by atoms with van der Waals surface area (Å²) in [5.41, 5.74) is 6.21. The molecule has 0 aromatic heterocycles. The highest BCUT2D eigenvalue weighted by Gasteiger charge is 2.26. The van der Waals surface area contributed by atoms with Crippen molar-refractivity contribution in [3.05, 3.63) is 23.3 Å². The van der Waals surface area contributed by atoms with Gasteiger partial charge in [0.25, 0.3) is 0 Å². The largest absolute Gasteiger partial charge is 0.507 e. The maximum atomic E-state index is 11.3. The first-order valence-electron chi connectivity index (χ1n) is 12.4. The van der Waals surface area contributed by atoms with Gasteiger partial charge in [0.15, 0.2) is 0 Å². The summed E-state index contributed by atoms with van der Waals surface area (Å²) in [5, 5.41) is 71.4. The van der Waals surface area contributed by atoms with Crippen molar-refractivity contribution in [3.8, 4) is 5.75 Å². The highest BCUT2D eigenvalue weighted by Crippen LogP contribution is 2.37. The highest BCUT2D eigenvalue weighted by atomic mass is 16.4. The van der Waals surface area contributed by atoms with Crippen LogP contribution in [-0.4, -0.2) is 134 Å². The van der Waals surface area contributed by atoms with Gasteiger partial charge in [-0.25, -0.2) is 0 Å². The lowest BCUT2D eigenvalue weighted by Gasteiger charge is -2.28. The Hall–Kier alpha value is -4.52. The number of nitrogens with zero attached hydrogens (tertiary/aromatic N) is 2. The molecule has 42 heavy (non-hydrogen) atoms. The van der Waals surface area contributed by atoms with Crippen molar-refractivity contribution < 1.29 is 64.5 Å². The number of rotatable bonds is 22. The van der Waals surface area contributed by atoms with Gasteiger partial charge in [0, 0.05) is 42.0 Å². The number of hydrogen-bond acceptors (Lipinski definition) is 12. The monoisotopic (exact) mass is 601 g/mol. The van der Waals surface area contributed by atoms with E-state index in [9.17, 15) is 44.1 Å². The molecule has 0 amide bonds. The summed E-state index contributed by atoms with van der Waals surface area (Å²) < 4.78 is 0. The van der Waals surface area contributed by atoms with Crippen LogP contribution in [-0.2, 0) is 28.8 Å². The van der Waals surface area contributed by atoms with Gasteiger partial charge in [-0.15, -0.1) is 0 Å². The molecule has 0 bridgehead atoms. The van der Waals surface area contributed by atoms with Crippen LogP contribution in [0, 0.1) is 0 Å². The Morgan fingerprint density at radius 1 is 0.619 bits per heavy atom. The number of phenolic OH excluding ortho intramolecular Hbond substituents is 1. The number of carbonyl (C=O) groups is 6. The molecule has 234 valence electrons. The van der Waals surface area contributed by atoms with Gasteiger partial charge in [0.1, 0.15) is 5.75 Å². The van der Waals surface area contributed by atoms with Crippen LogP contribution in [0.3, 0.4) is 0 Å². The fourth-order valence-corrected chi connectivity index (χ4v) is 4.21. The molecule has 1 aromatic carbocycles. The Morgan fingerprint density at radius 2 is 0.929 bits per heavy atom. The lowest BCUT2D eigenvalue weighted by atomic mass is 9.93. The van der Waals surface area contributed by atoms with E-state index >= 15 is 0 Å². The molecule has 18 nitrogen and oxygen atoms in total. The van der Waals surface area contributed by atoms with Crippen molar-refractivity contribution in [2.24, 2.45) is 0 Å². The zero-order chi connectivity index (χ0) is 32.0. The van der Waals surface area contributed by atoms with E-state index in [1.165, 1.54) is 12.1 Å². The highest BCUT2D eigenvalue weighted by molar-refractivity contribution is 5.73. The summed E-state index contributed by atoms with van der Waals surface area (Å²) in [5.74, 6) is -8.18. The van der Waals surface area contributed by atoms with Crippen molar-refractivity contribution in [1.29, 1.82) is 0 Å². The van der Waals surface area contributed by atoms with Gasteiger partial charge in [-0.2, -0.15) is 0 Å². The van der Waals surface area contributed by atoms with Crippen molar-refractivity contribution >= 4 is 41.5 Å². The summed E-state index contributed by atoms with van der Waals surface area (Å²) in [6, 6.07) is 0.632. The molecule has 11 N–H and O–H groups in total. The minimum atomic E-state index is -1.30. The number of anilines is 1. The number of carboxylic acids is 6. The summed E-state index contributed by atoms with van der Waals surface area (Å²) in [4.78, 5) is 69.4. The van der Waals surface area contributed by atoms with E-state index in [1.807, 2.05) is 0 Å². The van der Waals surface area contributed by atoms with Gasteiger partial charge in [0.05, 0.1) is 39.3 Å². The molecular formula is C24H35N5O13. The third kappa shape index (κ3) is 13.7. The molecule has 2 unspecified atom stereocenters. The van der Waals surface area contributed by atoms with Crippen LogP contribution >= 0.6 is 0 Å². The smallest absolute Gasteiger partial charge is 0.317 e. The summed E-state index contributed by atoms with van der Waals surface area (Å²) in [7, 11) is 0. The first-order valence-corrected chi connectivity index (χ1v) is 12.4. The minimum absolute atomic E-state index is 0.0481. The quantitative estimate of drug-likeness (QED) is 0.0514. The van der Waals surface area contributed by atoms with Gasteiger partial charge in [-0.1, -0.05) is 0 Å². The van der Waals surface area contributed by atoms with Crippen molar-refractivity contribution in [2.75, 3.05) is 58.1 Å². The SMILES string of the molecule is Nc1cc(C(CCN(CC(=O)O)CC(=O)O)NCC(=O)O)c(O)c(C(CCN(CC(=O)O)CC(=O)O)NCC(=O)O)c1. The first-order chi connectivity index (χ1) is 19.6. The molecule has 0 aliphatic rings. The predicted octanol–water partition coefficient (Wildman–Crippen LogP) is -1.87. The van der Waals surface area contributed by atoms with Crippen LogP contribution < -0.4 is 16.4 Å². The topological polar surface area (TPSA) is 301 Å². The number of aliphatic carboxylic acids is 6. The van der Waals surface area contributed by atoms with Crippen LogP contribution in [0.25, 0.3) is 0 Å². The van der Waals surface area contributed by atoms with E-state index in [1.54, 1.807) is 0 Å². The van der Waals surface area contributed by atoms with Crippen LogP contribution in [0.2, 0.25) is 0 Å². The van der Waals surface area contributed by atoms with Gasteiger partial charge in [-0.05, 0) is 25.0 Å². The lowest BCUT2D eigenvalue weighted by Crippen LogP contribution is -2.38. The van der Waals surface area contributed by atoms with Crippen LogP contribution in [0.1, 0.15) is 36.1 Å². The number of nitrogens with two attached hydrogens (primary N) is 1. The standard InChI is InChI=1S/C24H35N5O13/c25-13-5-14(16(26-7-18(30)31)1-3-28(9-20(34)35)10-21(36)37)24(42)15(6-13)17(27-8-19(32)33)2-4-29(11-22(38)39)12-23(40)41/h5-6,16-17,26-27,42H,1-4,7-12,25H2,(H,30,31)(H,32,33)(H,34,35)(H,36,37)(H,38,39)(H,40,41).